The van der Waals surface area contributed by atoms with Crippen molar-refractivity contribution >= 4 is 56.0 Å². The first-order valence-electron chi connectivity index (χ1n) is 9.78. The van der Waals surface area contributed by atoms with E-state index >= 15 is 0 Å². The number of nitrogens with one attached hydrogen (secondary N) is 1. The quantitative estimate of drug-likeness (QED) is 0.213. The monoisotopic (exact) mass is 497 g/mol. The number of carboxylic acids is 1. The molecule has 0 fully saturated rings. The fraction of sp³-hybridized carbons (Fsp3) is 0.0417. The fourth-order valence-electron chi connectivity index (χ4n) is 3.18. The van der Waals surface area contributed by atoms with Crippen molar-refractivity contribution in [3.63, 3.8) is 0 Å². The van der Waals surface area contributed by atoms with Gasteiger partial charge in [-0.15, -0.1) is 11.8 Å². The van der Waals surface area contributed by atoms with Crippen LogP contribution >= 0.6 is 23.5 Å². The molecule has 0 amide bonds. The maximum Gasteiger partial charge on any atom is 0.313 e. The molecule has 0 saturated carbocycles. The van der Waals surface area contributed by atoms with E-state index in [4.69, 9.17) is 5.11 Å². The van der Waals surface area contributed by atoms with E-state index in [9.17, 15) is 18.3 Å². The Bertz CT molecular complexity index is 1410. The van der Waals surface area contributed by atoms with Gasteiger partial charge in [0.05, 0.1) is 21.2 Å². The lowest BCUT2D eigenvalue weighted by Gasteiger charge is -2.15. The molecule has 0 heterocycles. The van der Waals surface area contributed by atoms with Crippen molar-refractivity contribution in [2.24, 2.45) is 0 Å². The number of phenols is 1. The van der Waals surface area contributed by atoms with Gasteiger partial charge in [0, 0.05) is 20.6 Å². The minimum Gasteiger partial charge on any atom is -0.506 e. The van der Waals surface area contributed by atoms with Crippen molar-refractivity contribution in [2.45, 2.75) is 19.6 Å². The molecule has 4 aromatic rings. The van der Waals surface area contributed by atoms with Gasteiger partial charge in [0.2, 0.25) is 0 Å². The molecule has 0 aliphatic heterocycles. The normalized spacial score (nSPS) is 11.4. The van der Waals surface area contributed by atoms with Gasteiger partial charge in [0.25, 0.3) is 10.0 Å². The van der Waals surface area contributed by atoms with E-state index in [2.05, 4.69) is 4.72 Å². The van der Waals surface area contributed by atoms with Crippen LogP contribution in [0, 0.1) is 0 Å². The van der Waals surface area contributed by atoms with Gasteiger partial charge in [-0.05, 0) is 42.5 Å². The summed E-state index contributed by atoms with van der Waals surface area (Å²) < 4.78 is 28.8. The number of hydrogen-bond acceptors (Lipinski definition) is 6. The number of aliphatic carboxylic acids is 1. The number of anilines is 1. The Kier molecular flexibility index (Phi) is 6.83. The Hall–Kier alpha value is -3.14. The van der Waals surface area contributed by atoms with E-state index in [-0.39, 0.29) is 27.0 Å². The third-order valence-corrected chi connectivity index (χ3v) is 8.10. The average Bonchev–Trinajstić information content (AvgIpc) is 2.81. The van der Waals surface area contributed by atoms with Crippen molar-refractivity contribution in [1.29, 1.82) is 0 Å². The van der Waals surface area contributed by atoms with Crippen LogP contribution < -0.4 is 4.72 Å². The van der Waals surface area contributed by atoms with E-state index in [0.29, 0.717) is 10.8 Å². The second-order valence-corrected chi connectivity index (χ2v) is 10.8. The van der Waals surface area contributed by atoms with Crippen LogP contribution in [0.1, 0.15) is 0 Å². The Morgan fingerprint density at radius 2 is 1.45 bits per heavy atom. The standard InChI is InChI=1S/C24H19NO5S3/c26-23(27)15-31-22-14-21(19-8-4-5-9-20(19)24(22)28)25-33(29,30)18-12-10-17(11-13-18)32-16-6-2-1-3-7-16/h1-14,25,28H,15H2,(H,26,27). The molecular formula is C24H19NO5S3. The van der Waals surface area contributed by atoms with Gasteiger partial charge in [-0.1, -0.05) is 54.2 Å². The van der Waals surface area contributed by atoms with Crippen molar-refractivity contribution in [1.82, 2.24) is 0 Å². The summed E-state index contributed by atoms with van der Waals surface area (Å²) in [6.45, 7) is 0. The fourth-order valence-corrected chi connectivity index (χ4v) is 5.82. The lowest BCUT2D eigenvalue weighted by molar-refractivity contribution is -0.133. The van der Waals surface area contributed by atoms with Gasteiger partial charge in [-0.3, -0.25) is 9.52 Å². The summed E-state index contributed by atoms with van der Waals surface area (Å²) in [5.41, 5.74) is 0.263. The second kappa shape index (κ2) is 9.78. The molecule has 3 N–H and O–H groups in total. The molecule has 0 aliphatic rings. The van der Waals surface area contributed by atoms with Gasteiger partial charge in [-0.2, -0.15) is 0 Å². The maximum atomic E-state index is 13.1. The van der Waals surface area contributed by atoms with Crippen LogP contribution in [0.15, 0.2) is 105 Å². The second-order valence-electron chi connectivity index (χ2n) is 6.99. The zero-order valence-electron chi connectivity index (χ0n) is 17.1. The first-order chi connectivity index (χ1) is 15.8. The molecule has 0 bridgehead atoms. The first kappa shape index (κ1) is 23.0. The Balaban J connectivity index is 1.64. The predicted molar refractivity (Wildman–Crippen MR) is 132 cm³/mol. The van der Waals surface area contributed by atoms with Crippen LogP contribution in [-0.4, -0.2) is 30.4 Å². The third kappa shape index (κ3) is 5.44. The highest BCUT2D eigenvalue weighted by Gasteiger charge is 2.19. The molecular weight excluding hydrogens is 478 g/mol. The minimum absolute atomic E-state index is 0.0814. The Labute approximate surface area is 199 Å². The van der Waals surface area contributed by atoms with E-state index < -0.39 is 16.0 Å². The molecule has 4 rings (SSSR count). The highest BCUT2D eigenvalue weighted by atomic mass is 32.2. The number of carbonyl (C=O) groups is 1. The SMILES string of the molecule is O=C(O)CSc1cc(NS(=O)(=O)c2ccc(Sc3ccccc3)cc2)c2ccccc2c1O. The highest BCUT2D eigenvalue weighted by molar-refractivity contribution is 8.00. The molecule has 9 heteroatoms. The van der Waals surface area contributed by atoms with Crippen LogP contribution in [0.5, 0.6) is 5.75 Å². The first-order valence-corrected chi connectivity index (χ1v) is 13.1. The molecule has 33 heavy (non-hydrogen) atoms. The van der Waals surface area contributed by atoms with Gasteiger partial charge < -0.3 is 10.2 Å². The molecule has 0 aliphatic carbocycles. The summed E-state index contributed by atoms with van der Waals surface area (Å²) in [6.07, 6.45) is 0. The van der Waals surface area contributed by atoms with Crippen molar-refractivity contribution in [3.8, 4) is 5.75 Å². The third-order valence-electron chi connectivity index (χ3n) is 4.69. The zero-order chi connectivity index (χ0) is 23.4. The number of carboxylic acid groups (broad SMARTS) is 1. The molecule has 0 spiro atoms. The van der Waals surface area contributed by atoms with E-state index in [1.165, 1.54) is 30.0 Å². The van der Waals surface area contributed by atoms with Gasteiger partial charge >= 0.3 is 5.97 Å². The number of benzene rings is 4. The van der Waals surface area contributed by atoms with Crippen molar-refractivity contribution in [2.75, 3.05) is 10.5 Å². The lowest BCUT2D eigenvalue weighted by atomic mass is 10.1. The smallest absolute Gasteiger partial charge is 0.313 e. The van der Waals surface area contributed by atoms with E-state index in [1.54, 1.807) is 36.4 Å². The topological polar surface area (TPSA) is 104 Å². The summed E-state index contributed by atoms with van der Waals surface area (Å²) >= 11 is 2.45. The molecule has 4 aromatic carbocycles. The molecule has 6 nitrogen and oxygen atoms in total. The molecule has 0 unspecified atom stereocenters. The summed E-state index contributed by atoms with van der Waals surface area (Å²) in [7, 11) is -3.92. The number of sulfonamides is 1. The summed E-state index contributed by atoms with van der Waals surface area (Å²) in [4.78, 5) is 13.3. The van der Waals surface area contributed by atoms with Crippen LogP contribution in [0.3, 0.4) is 0 Å². The van der Waals surface area contributed by atoms with Crippen LogP contribution in [-0.2, 0) is 14.8 Å². The summed E-state index contributed by atoms with van der Waals surface area (Å²) in [5.74, 6) is -1.39. The van der Waals surface area contributed by atoms with Crippen LogP contribution in [0.25, 0.3) is 10.8 Å². The Morgan fingerprint density at radius 1 is 0.848 bits per heavy atom. The number of hydrogen-bond donors (Lipinski definition) is 3. The molecule has 0 aromatic heterocycles. The molecule has 0 atom stereocenters. The largest absolute Gasteiger partial charge is 0.506 e. The lowest BCUT2D eigenvalue weighted by Crippen LogP contribution is -2.13. The average molecular weight is 498 g/mol. The highest BCUT2D eigenvalue weighted by Crippen LogP contribution is 2.40. The minimum atomic E-state index is -3.92. The molecule has 0 saturated heterocycles. The van der Waals surface area contributed by atoms with Gasteiger partial charge in [0.1, 0.15) is 5.75 Å². The van der Waals surface area contributed by atoms with E-state index in [0.717, 1.165) is 21.6 Å². The number of fused-ring (bicyclic) bond motifs is 1. The van der Waals surface area contributed by atoms with E-state index in [1.807, 2.05) is 30.3 Å². The van der Waals surface area contributed by atoms with Gasteiger partial charge in [0.15, 0.2) is 0 Å². The van der Waals surface area contributed by atoms with Crippen LogP contribution in [0.2, 0.25) is 0 Å². The van der Waals surface area contributed by atoms with Crippen molar-refractivity contribution in [3.05, 3.63) is 84.9 Å². The van der Waals surface area contributed by atoms with Crippen LogP contribution in [0.4, 0.5) is 5.69 Å². The molecule has 0 radical (unpaired) electrons. The molecule has 168 valence electrons. The summed E-state index contributed by atoms with van der Waals surface area (Å²) in [6, 6.07) is 24.6. The Morgan fingerprint density at radius 3 is 2.12 bits per heavy atom. The van der Waals surface area contributed by atoms with Crippen molar-refractivity contribution < 1.29 is 23.4 Å². The zero-order valence-corrected chi connectivity index (χ0v) is 19.6. The van der Waals surface area contributed by atoms with Gasteiger partial charge in [-0.25, -0.2) is 8.42 Å². The number of phenolic OH excluding ortho intramolecular Hbond substituents is 1. The summed E-state index contributed by atoms with van der Waals surface area (Å²) in [5, 5.41) is 20.5. The number of thioether (sulfide) groups is 1. The maximum absolute atomic E-state index is 13.1. The number of rotatable bonds is 8. The predicted octanol–water partition coefficient (Wildman–Crippen LogP) is 5.67. The number of aromatic hydroxyl groups is 1.